The van der Waals surface area contributed by atoms with Gasteiger partial charge in [-0.1, -0.05) is 60.5 Å². The number of piperidine rings is 1. The van der Waals surface area contributed by atoms with E-state index in [-0.39, 0.29) is 35.4 Å². The highest BCUT2D eigenvalue weighted by atomic mass is 16.4. The summed E-state index contributed by atoms with van der Waals surface area (Å²) in [4.78, 5) is 42.5. The number of hydrogen-bond acceptors (Lipinski definition) is 4. The van der Waals surface area contributed by atoms with E-state index < -0.39 is 17.4 Å². The molecule has 2 amide bonds. The maximum absolute atomic E-state index is 13.7. The number of carbonyl (C=O) groups excluding carboxylic acids is 2. The molecular weight excluding hydrogens is 418 g/mol. The summed E-state index contributed by atoms with van der Waals surface area (Å²) in [6, 6.07) is -0.991. The van der Waals surface area contributed by atoms with Crippen LogP contribution in [0.2, 0.25) is 0 Å². The molecule has 5 atom stereocenters. The number of carboxylic acid groups (broad SMARTS) is 1. The topological polar surface area (TPSA) is 90.0 Å². The van der Waals surface area contributed by atoms with Gasteiger partial charge in [-0.3, -0.25) is 14.5 Å². The van der Waals surface area contributed by atoms with Gasteiger partial charge < -0.3 is 15.3 Å². The smallest absolute Gasteiger partial charge is 0.331 e. The van der Waals surface area contributed by atoms with Crippen LogP contribution in [-0.2, 0) is 14.4 Å². The summed E-state index contributed by atoms with van der Waals surface area (Å²) in [6.45, 7) is 16.6. The molecule has 0 bridgehead atoms. The predicted octanol–water partition coefficient (Wildman–Crippen LogP) is 4.07. The second kappa shape index (κ2) is 12.5. The van der Waals surface area contributed by atoms with Crippen molar-refractivity contribution in [2.75, 3.05) is 13.6 Å². The Hall–Kier alpha value is -1.89. The predicted molar refractivity (Wildman–Crippen MR) is 133 cm³/mol. The van der Waals surface area contributed by atoms with Gasteiger partial charge in [0.15, 0.2) is 0 Å². The van der Waals surface area contributed by atoms with E-state index in [4.69, 9.17) is 0 Å². The second-order valence-electron chi connectivity index (χ2n) is 10.8. The van der Waals surface area contributed by atoms with E-state index in [1.807, 2.05) is 34.6 Å². The van der Waals surface area contributed by atoms with Crippen molar-refractivity contribution in [1.82, 2.24) is 15.1 Å². The molecule has 1 fully saturated rings. The maximum Gasteiger partial charge on any atom is 0.331 e. The van der Waals surface area contributed by atoms with E-state index in [9.17, 15) is 19.5 Å². The first-order valence-electron chi connectivity index (χ1n) is 12.5. The van der Waals surface area contributed by atoms with Gasteiger partial charge in [0, 0.05) is 18.7 Å². The minimum absolute atomic E-state index is 0.0730. The van der Waals surface area contributed by atoms with Crippen LogP contribution in [0.5, 0.6) is 0 Å². The third kappa shape index (κ3) is 7.83. The number of nitrogens with one attached hydrogen (secondary N) is 1. The lowest BCUT2D eigenvalue weighted by molar-refractivity contribution is -0.142. The van der Waals surface area contributed by atoms with Crippen LogP contribution in [-0.4, -0.2) is 70.4 Å². The number of nitrogens with zero attached hydrogens (tertiary/aromatic N) is 2. The first-order chi connectivity index (χ1) is 15.3. The highest BCUT2D eigenvalue weighted by Crippen LogP contribution is 2.26. The van der Waals surface area contributed by atoms with Gasteiger partial charge in [0.2, 0.25) is 11.8 Å². The molecule has 1 aliphatic heterocycles. The molecule has 1 heterocycles. The molecule has 2 N–H and O–H groups in total. The molecule has 0 aromatic carbocycles. The number of carboxylic acids is 1. The molecule has 7 nitrogen and oxygen atoms in total. The van der Waals surface area contributed by atoms with Crippen molar-refractivity contribution < 1.29 is 19.5 Å². The van der Waals surface area contributed by atoms with Gasteiger partial charge in [-0.05, 0) is 51.0 Å². The zero-order valence-corrected chi connectivity index (χ0v) is 22.3. The molecule has 1 rings (SSSR count). The third-order valence-corrected chi connectivity index (χ3v) is 7.18. The lowest BCUT2D eigenvalue weighted by Gasteiger charge is -2.41. The zero-order valence-electron chi connectivity index (χ0n) is 22.3. The fourth-order valence-electron chi connectivity index (χ4n) is 4.46. The van der Waals surface area contributed by atoms with Crippen molar-refractivity contribution in [2.45, 2.75) is 112 Å². The molecule has 0 aromatic rings. The highest BCUT2D eigenvalue weighted by molar-refractivity contribution is 5.91. The number of hydrogen-bond donors (Lipinski definition) is 2. The van der Waals surface area contributed by atoms with Gasteiger partial charge in [0.25, 0.3) is 0 Å². The average molecular weight is 466 g/mol. The van der Waals surface area contributed by atoms with E-state index >= 15 is 0 Å². The molecule has 0 aliphatic carbocycles. The minimum Gasteiger partial charge on any atom is -0.478 e. The van der Waals surface area contributed by atoms with Crippen molar-refractivity contribution in [2.24, 2.45) is 11.3 Å². The number of carbonyl (C=O) groups is 3. The van der Waals surface area contributed by atoms with Gasteiger partial charge in [-0.15, -0.1) is 0 Å². The first-order valence-corrected chi connectivity index (χ1v) is 12.5. The number of likely N-dealkylation sites (N-methyl/N-ethyl adjacent to an activating group) is 1. The SMILES string of the molecule is CCC(C)N1CCCC[C@@H]1C(=O)N[C@H](C(=O)N(C)C(/C=C(\C)C(=O)O)[C@@H](C)CC)C(C)(C)C. The Morgan fingerprint density at radius 2 is 1.76 bits per heavy atom. The molecule has 0 radical (unpaired) electrons. The van der Waals surface area contributed by atoms with Crippen LogP contribution in [0.4, 0.5) is 0 Å². The van der Waals surface area contributed by atoms with Crippen LogP contribution in [0.25, 0.3) is 0 Å². The van der Waals surface area contributed by atoms with Gasteiger partial charge in [0.1, 0.15) is 6.04 Å². The number of aliphatic carboxylic acids is 1. The van der Waals surface area contributed by atoms with Crippen molar-refractivity contribution in [3.63, 3.8) is 0 Å². The van der Waals surface area contributed by atoms with Crippen LogP contribution in [0, 0.1) is 11.3 Å². The maximum atomic E-state index is 13.7. The molecule has 1 aliphatic rings. The van der Waals surface area contributed by atoms with Gasteiger partial charge >= 0.3 is 5.97 Å². The van der Waals surface area contributed by atoms with Crippen LogP contribution in [0.1, 0.15) is 87.5 Å². The molecule has 2 unspecified atom stereocenters. The normalized spacial score (nSPS) is 21.6. The summed E-state index contributed by atoms with van der Waals surface area (Å²) in [7, 11) is 1.71. The van der Waals surface area contributed by atoms with E-state index in [1.54, 1.807) is 24.9 Å². The third-order valence-electron chi connectivity index (χ3n) is 7.18. The molecule has 0 spiro atoms. The van der Waals surface area contributed by atoms with Crippen LogP contribution >= 0.6 is 0 Å². The van der Waals surface area contributed by atoms with Crippen molar-refractivity contribution in [1.29, 1.82) is 0 Å². The fourth-order valence-corrected chi connectivity index (χ4v) is 4.46. The van der Waals surface area contributed by atoms with Gasteiger partial charge in [-0.25, -0.2) is 4.79 Å². The second-order valence-corrected chi connectivity index (χ2v) is 10.8. The lowest BCUT2D eigenvalue weighted by Crippen LogP contribution is -2.60. The van der Waals surface area contributed by atoms with Crippen molar-refractivity contribution >= 4 is 17.8 Å². The summed E-state index contributed by atoms with van der Waals surface area (Å²) in [5, 5.41) is 12.5. The summed E-state index contributed by atoms with van der Waals surface area (Å²) in [6.07, 6.45) is 6.32. The summed E-state index contributed by atoms with van der Waals surface area (Å²) in [5.74, 6) is -1.20. The first kappa shape index (κ1) is 29.1. The molecule has 1 saturated heterocycles. The Kier molecular flexibility index (Phi) is 11.1. The summed E-state index contributed by atoms with van der Waals surface area (Å²) in [5.41, 5.74) is -0.287. The molecule has 190 valence electrons. The van der Waals surface area contributed by atoms with E-state index in [2.05, 4.69) is 24.1 Å². The number of rotatable bonds is 10. The van der Waals surface area contributed by atoms with E-state index in [0.717, 1.165) is 38.6 Å². The molecule has 0 aromatic heterocycles. The Balaban J connectivity index is 3.20. The summed E-state index contributed by atoms with van der Waals surface area (Å²) < 4.78 is 0. The van der Waals surface area contributed by atoms with E-state index in [1.165, 1.54) is 0 Å². The average Bonchev–Trinajstić information content (AvgIpc) is 2.77. The minimum atomic E-state index is -0.993. The number of likely N-dealkylation sites (tertiary alicyclic amines) is 1. The molecule has 0 saturated carbocycles. The van der Waals surface area contributed by atoms with Gasteiger partial charge in [0.05, 0.1) is 12.1 Å². The Morgan fingerprint density at radius 3 is 2.24 bits per heavy atom. The molecular formula is C26H47N3O4. The Bertz CT molecular complexity index is 713. The van der Waals surface area contributed by atoms with Crippen LogP contribution in [0.15, 0.2) is 11.6 Å². The van der Waals surface area contributed by atoms with Gasteiger partial charge in [-0.2, -0.15) is 0 Å². The monoisotopic (exact) mass is 465 g/mol. The van der Waals surface area contributed by atoms with Crippen molar-refractivity contribution in [3.05, 3.63) is 11.6 Å². The molecule has 7 heteroatoms. The highest BCUT2D eigenvalue weighted by Gasteiger charge is 2.40. The Labute approximate surface area is 201 Å². The lowest BCUT2D eigenvalue weighted by atomic mass is 9.84. The zero-order chi connectivity index (χ0) is 25.5. The fraction of sp³-hybridized carbons (Fsp3) is 0.808. The van der Waals surface area contributed by atoms with E-state index in [0.29, 0.717) is 6.04 Å². The van der Waals surface area contributed by atoms with Crippen molar-refractivity contribution in [3.8, 4) is 0 Å². The number of amides is 2. The van der Waals surface area contributed by atoms with Crippen LogP contribution in [0.3, 0.4) is 0 Å². The largest absolute Gasteiger partial charge is 0.478 e. The quantitative estimate of drug-likeness (QED) is 0.475. The Morgan fingerprint density at radius 1 is 1.15 bits per heavy atom. The standard InChI is InChI=1S/C26H47N3O4/c1-10-17(3)21(16-18(4)25(32)33)28(9)24(31)22(26(6,7)8)27-23(30)20-14-12-13-15-29(20)19(5)11-2/h16-17,19-22H,10-15H2,1-9H3,(H,27,30)(H,32,33)/b18-16+/t17-,19?,20+,21?,22+/m0/s1. The molecule has 33 heavy (non-hydrogen) atoms. The summed E-state index contributed by atoms with van der Waals surface area (Å²) >= 11 is 0. The van der Waals surface area contributed by atoms with Crippen LogP contribution < -0.4 is 5.32 Å².